The van der Waals surface area contributed by atoms with Crippen molar-refractivity contribution in [2.45, 2.75) is 52.2 Å². The second kappa shape index (κ2) is 17.0. The Morgan fingerprint density at radius 3 is 2.42 bits per heavy atom. The number of pyridine rings is 1. The molecule has 0 saturated carbocycles. The number of likely N-dealkylation sites (N-methyl/N-ethyl adjacent to an activating group) is 1. The normalized spacial score (nSPS) is 16.5. The van der Waals surface area contributed by atoms with Gasteiger partial charge in [-0.05, 0) is 83.0 Å². The van der Waals surface area contributed by atoms with Crippen molar-refractivity contribution in [2.75, 3.05) is 56.9 Å². The van der Waals surface area contributed by atoms with Gasteiger partial charge in [0.25, 0.3) is 5.91 Å². The fraction of sp³-hybridized carbons (Fsp3) is 0.405. The fourth-order valence-electron chi connectivity index (χ4n) is 5.50. The van der Waals surface area contributed by atoms with Gasteiger partial charge in [0.2, 0.25) is 5.88 Å². The first-order chi connectivity index (χ1) is 24.0. The van der Waals surface area contributed by atoms with Crippen molar-refractivity contribution in [3.63, 3.8) is 0 Å². The fourth-order valence-corrected chi connectivity index (χ4v) is 5.50. The summed E-state index contributed by atoms with van der Waals surface area (Å²) in [7, 11) is 2.13. The number of rotatable bonds is 11. The zero-order chi connectivity index (χ0) is 35.5. The van der Waals surface area contributed by atoms with Crippen molar-refractivity contribution in [3.05, 3.63) is 102 Å². The number of benzene rings is 1. The van der Waals surface area contributed by atoms with E-state index in [1.54, 1.807) is 68.3 Å². The van der Waals surface area contributed by atoms with Crippen LogP contribution in [0.1, 0.15) is 56.1 Å². The molecule has 0 atom stereocenters. The van der Waals surface area contributed by atoms with E-state index in [2.05, 4.69) is 43.9 Å². The van der Waals surface area contributed by atoms with Crippen LogP contribution in [-0.4, -0.2) is 89.6 Å². The molecule has 3 N–H and O–H groups in total. The molecule has 3 heterocycles. The van der Waals surface area contributed by atoms with Gasteiger partial charge >= 0.3 is 12.1 Å². The van der Waals surface area contributed by atoms with Crippen LogP contribution in [0.15, 0.2) is 90.6 Å². The highest BCUT2D eigenvalue weighted by atomic mass is 16.6. The van der Waals surface area contributed by atoms with E-state index in [0.717, 1.165) is 63.1 Å². The van der Waals surface area contributed by atoms with Crippen LogP contribution in [-0.2, 0) is 20.8 Å². The predicted octanol–water partition coefficient (Wildman–Crippen LogP) is 5.79. The minimum absolute atomic E-state index is 0.177. The highest BCUT2D eigenvalue weighted by molar-refractivity contribution is 6.05. The first-order valence-corrected chi connectivity index (χ1v) is 16.9. The van der Waals surface area contributed by atoms with E-state index in [4.69, 9.17) is 14.2 Å². The second-order valence-electron chi connectivity index (χ2n) is 13.4. The summed E-state index contributed by atoms with van der Waals surface area (Å²) in [5, 5.41) is 8.35. The number of amides is 4. The van der Waals surface area contributed by atoms with E-state index < -0.39 is 17.6 Å². The van der Waals surface area contributed by atoms with Gasteiger partial charge in [0, 0.05) is 45.5 Å². The third-order valence-corrected chi connectivity index (χ3v) is 8.16. The lowest BCUT2D eigenvalue weighted by Gasteiger charge is -2.33. The highest BCUT2D eigenvalue weighted by Gasteiger charge is 2.22. The zero-order valence-corrected chi connectivity index (χ0v) is 29.2. The van der Waals surface area contributed by atoms with Gasteiger partial charge in [-0.2, -0.15) is 0 Å². The number of aromatic nitrogens is 1. The number of hydrogen-bond acceptors (Lipinski definition) is 9. The summed E-state index contributed by atoms with van der Waals surface area (Å²) in [6, 6.07) is 9.88. The standard InChI is InChI=1S/C37H47N7O6/c1-37(2,3)50-36(47)40-30-14-9-8-13-29(30)39-34(45)31-16-15-27(23-38-31)24-44(18-10-17-43-21-19-42(4)20-22-43)35(46)41-33-26-48-25-32(49-33)28-11-6-5-7-12-28/h5-6,8-9,11,13-16,23,25-26H,7,10,12,17-22,24H2,1-4H3,(H,39,45)(H,40,47)(H,41,46). The van der Waals surface area contributed by atoms with Gasteiger partial charge in [-0.25, -0.2) is 9.59 Å². The molecular formula is C37H47N7O6. The van der Waals surface area contributed by atoms with E-state index in [1.165, 1.54) is 12.5 Å². The molecule has 1 aromatic heterocycles. The Kier molecular flexibility index (Phi) is 12.3. The molecule has 1 aromatic carbocycles. The predicted molar refractivity (Wildman–Crippen MR) is 191 cm³/mol. The number of anilines is 2. The number of nitrogens with zero attached hydrogens (tertiary/aromatic N) is 4. The van der Waals surface area contributed by atoms with Crippen molar-refractivity contribution in [1.82, 2.24) is 25.0 Å². The Bertz CT molecular complexity index is 1640. The average Bonchev–Trinajstić information content (AvgIpc) is 3.09. The lowest BCUT2D eigenvalue weighted by molar-refractivity contribution is 0.0635. The molecule has 0 radical (unpaired) electrons. The van der Waals surface area contributed by atoms with Crippen LogP contribution in [0.5, 0.6) is 0 Å². The van der Waals surface area contributed by atoms with Gasteiger partial charge in [0.05, 0.1) is 11.4 Å². The maximum absolute atomic E-state index is 13.6. The molecule has 0 spiro atoms. The van der Waals surface area contributed by atoms with Crippen molar-refractivity contribution in [2.24, 2.45) is 0 Å². The molecule has 1 aliphatic carbocycles. The highest BCUT2D eigenvalue weighted by Crippen LogP contribution is 2.26. The molecule has 5 rings (SSSR count). The van der Waals surface area contributed by atoms with Crippen LogP contribution in [0, 0.1) is 0 Å². The third kappa shape index (κ3) is 10.9. The number of ether oxygens (including phenoxy) is 3. The molecule has 4 amide bonds. The van der Waals surface area contributed by atoms with Gasteiger partial charge in [-0.3, -0.25) is 20.4 Å². The molecule has 50 heavy (non-hydrogen) atoms. The lowest BCUT2D eigenvalue weighted by atomic mass is 10.0. The minimum atomic E-state index is -0.671. The number of para-hydroxylation sites is 2. The van der Waals surface area contributed by atoms with Crippen LogP contribution in [0.2, 0.25) is 0 Å². The Labute approximate surface area is 293 Å². The monoisotopic (exact) mass is 685 g/mol. The summed E-state index contributed by atoms with van der Waals surface area (Å²) in [6.07, 6.45) is 12.4. The molecule has 0 unspecified atom stereocenters. The first-order valence-electron chi connectivity index (χ1n) is 16.9. The topological polar surface area (TPSA) is 138 Å². The summed E-state index contributed by atoms with van der Waals surface area (Å²) in [4.78, 5) is 50.0. The Balaban J connectivity index is 1.21. The minimum Gasteiger partial charge on any atom is -0.463 e. The van der Waals surface area contributed by atoms with E-state index >= 15 is 0 Å². The number of carbonyl (C=O) groups excluding carboxylic acids is 3. The van der Waals surface area contributed by atoms with Crippen LogP contribution < -0.4 is 16.0 Å². The smallest absolute Gasteiger partial charge is 0.412 e. The maximum Gasteiger partial charge on any atom is 0.412 e. The largest absolute Gasteiger partial charge is 0.463 e. The van der Waals surface area contributed by atoms with Crippen molar-refractivity contribution in [1.29, 1.82) is 0 Å². The number of piperazine rings is 1. The van der Waals surface area contributed by atoms with Gasteiger partial charge in [0.15, 0.2) is 12.0 Å². The van der Waals surface area contributed by atoms with Crippen LogP contribution >= 0.6 is 0 Å². The first kappa shape index (κ1) is 36.1. The number of urea groups is 1. The van der Waals surface area contributed by atoms with Crippen molar-refractivity contribution in [3.8, 4) is 0 Å². The van der Waals surface area contributed by atoms with E-state index in [0.29, 0.717) is 23.7 Å². The molecule has 3 aliphatic rings. The molecule has 2 aromatic rings. The van der Waals surface area contributed by atoms with Gasteiger partial charge in [-0.15, -0.1) is 0 Å². The molecular weight excluding hydrogens is 638 g/mol. The number of allylic oxidation sites excluding steroid dienone is 4. The maximum atomic E-state index is 13.6. The zero-order valence-electron chi connectivity index (χ0n) is 29.2. The summed E-state index contributed by atoms with van der Waals surface area (Å²) in [6.45, 7) is 11.0. The van der Waals surface area contributed by atoms with E-state index in [-0.39, 0.29) is 24.2 Å². The molecule has 13 nitrogen and oxygen atoms in total. The SMILES string of the molecule is CN1CCN(CCCN(Cc2ccc(C(=O)Nc3ccccc3NC(=O)OC(C)(C)C)nc2)C(=O)NC2=COC=C(C3=CC=CCC3)O2)CC1. The summed E-state index contributed by atoms with van der Waals surface area (Å²) >= 11 is 0. The van der Waals surface area contributed by atoms with Gasteiger partial charge in [-0.1, -0.05) is 36.4 Å². The van der Waals surface area contributed by atoms with Crippen molar-refractivity contribution < 1.29 is 28.6 Å². The number of nitrogens with one attached hydrogen (secondary N) is 3. The van der Waals surface area contributed by atoms with Crippen molar-refractivity contribution >= 4 is 29.4 Å². The average molecular weight is 686 g/mol. The molecule has 1 saturated heterocycles. The second-order valence-corrected chi connectivity index (χ2v) is 13.4. The van der Waals surface area contributed by atoms with Crippen LogP contribution in [0.3, 0.4) is 0 Å². The Hall–Kier alpha value is -5.14. The molecule has 0 bridgehead atoms. The quantitative estimate of drug-likeness (QED) is 0.268. The number of carbonyl (C=O) groups is 3. The molecule has 266 valence electrons. The Morgan fingerprint density at radius 1 is 0.980 bits per heavy atom. The van der Waals surface area contributed by atoms with Crippen LogP contribution in [0.4, 0.5) is 21.0 Å². The molecule has 2 aliphatic heterocycles. The lowest BCUT2D eigenvalue weighted by Crippen LogP contribution is -2.46. The summed E-state index contributed by atoms with van der Waals surface area (Å²) in [5.41, 5.74) is 2.04. The van der Waals surface area contributed by atoms with E-state index in [9.17, 15) is 14.4 Å². The third-order valence-electron chi connectivity index (χ3n) is 8.16. The van der Waals surface area contributed by atoms with Crippen LogP contribution in [0.25, 0.3) is 0 Å². The van der Waals surface area contributed by atoms with E-state index in [1.807, 2.05) is 12.2 Å². The summed E-state index contributed by atoms with van der Waals surface area (Å²) < 4.78 is 16.8. The summed E-state index contributed by atoms with van der Waals surface area (Å²) in [5.74, 6) is 0.319. The Morgan fingerprint density at radius 2 is 1.74 bits per heavy atom. The van der Waals surface area contributed by atoms with Gasteiger partial charge in [0.1, 0.15) is 17.6 Å². The number of hydrogen-bond donors (Lipinski definition) is 3. The molecule has 13 heteroatoms. The molecule has 1 fully saturated rings. The van der Waals surface area contributed by atoms with Gasteiger partial charge < -0.3 is 34.2 Å².